The van der Waals surface area contributed by atoms with Gasteiger partial charge in [-0.25, -0.2) is 0 Å². The number of nitrogens with zero attached hydrogens (tertiary/aromatic N) is 1. The number of carboxylic acids is 1. The normalized spacial score (nSPS) is 28.1. The maximum Gasteiger partial charge on any atom is 0.310 e. The Morgan fingerprint density at radius 3 is 2.94 bits per heavy atom. The van der Waals surface area contributed by atoms with Crippen molar-refractivity contribution < 1.29 is 9.90 Å². The molecule has 1 aliphatic heterocycles. The molecule has 0 bridgehead atoms. The Hall–Kier alpha value is -0.870. The van der Waals surface area contributed by atoms with E-state index >= 15 is 0 Å². The number of hydrogen-bond donors (Lipinski definition) is 1. The van der Waals surface area contributed by atoms with Gasteiger partial charge in [0.2, 0.25) is 0 Å². The molecule has 1 aromatic heterocycles. The topological polar surface area (TPSA) is 40.5 Å². The molecule has 1 aliphatic rings. The van der Waals surface area contributed by atoms with Crippen LogP contribution in [0, 0.1) is 5.41 Å². The number of likely N-dealkylation sites (tertiary alicyclic amines) is 1. The number of rotatable bonds is 3. The summed E-state index contributed by atoms with van der Waals surface area (Å²) >= 11 is 1.69. The molecule has 0 aromatic carbocycles. The molecule has 3 nitrogen and oxygen atoms in total. The second-order valence-electron chi connectivity index (χ2n) is 4.82. The van der Waals surface area contributed by atoms with Gasteiger partial charge in [-0.15, -0.1) is 0 Å². The predicted molar refractivity (Wildman–Crippen MR) is 64.7 cm³/mol. The van der Waals surface area contributed by atoms with Crippen LogP contribution in [0.15, 0.2) is 16.8 Å². The van der Waals surface area contributed by atoms with Crippen LogP contribution in [0.3, 0.4) is 0 Å². The van der Waals surface area contributed by atoms with E-state index in [-0.39, 0.29) is 0 Å². The van der Waals surface area contributed by atoms with Gasteiger partial charge in [0.1, 0.15) is 0 Å². The number of hydrogen-bond acceptors (Lipinski definition) is 3. The van der Waals surface area contributed by atoms with E-state index in [0.29, 0.717) is 12.6 Å². The Balaban J connectivity index is 2.07. The number of thiophene rings is 1. The highest BCUT2D eigenvalue weighted by atomic mass is 32.1. The first kappa shape index (κ1) is 11.6. The highest BCUT2D eigenvalue weighted by Crippen LogP contribution is 2.35. The van der Waals surface area contributed by atoms with Crippen LogP contribution >= 0.6 is 11.3 Å². The SMILES string of the molecule is CC(c1ccsc1)N1CCC(C)(C(=O)O)C1. The zero-order valence-corrected chi connectivity index (χ0v) is 10.5. The molecule has 1 N–H and O–H groups in total. The molecular formula is C12H17NO2S. The molecule has 2 rings (SSSR count). The Labute approximate surface area is 99.7 Å². The maximum absolute atomic E-state index is 11.2. The van der Waals surface area contributed by atoms with Gasteiger partial charge in [-0.1, -0.05) is 0 Å². The summed E-state index contributed by atoms with van der Waals surface area (Å²) in [4.78, 5) is 13.4. The van der Waals surface area contributed by atoms with Crippen LogP contribution in [0.2, 0.25) is 0 Å². The third kappa shape index (κ3) is 1.99. The van der Waals surface area contributed by atoms with Crippen LogP contribution in [0.25, 0.3) is 0 Å². The standard InChI is InChI=1S/C12H17NO2S/c1-9(10-3-6-16-7-10)13-5-4-12(2,8-13)11(14)15/h3,6-7,9H,4-5,8H2,1-2H3,(H,14,15). The molecule has 2 heterocycles. The second kappa shape index (κ2) is 4.18. The molecule has 0 spiro atoms. The van der Waals surface area contributed by atoms with Crippen LogP contribution < -0.4 is 0 Å². The second-order valence-corrected chi connectivity index (χ2v) is 5.60. The average molecular weight is 239 g/mol. The van der Waals surface area contributed by atoms with Crippen molar-refractivity contribution in [2.75, 3.05) is 13.1 Å². The molecule has 1 saturated heterocycles. The number of carbonyl (C=O) groups is 1. The lowest BCUT2D eigenvalue weighted by molar-refractivity contribution is -0.147. The molecule has 4 heteroatoms. The molecule has 2 atom stereocenters. The van der Waals surface area contributed by atoms with Gasteiger partial charge in [0, 0.05) is 12.6 Å². The van der Waals surface area contributed by atoms with Crippen LogP contribution in [-0.2, 0) is 4.79 Å². The highest BCUT2D eigenvalue weighted by molar-refractivity contribution is 7.07. The van der Waals surface area contributed by atoms with Crippen molar-refractivity contribution in [1.29, 1.82) is 0 Å². The van der Waals surface area contributed by atoms with E-state index in [1.807, 2.05) is 6.92 Å². The fraction of sp³-hybridized carbons (Fsp3) is 0.583. The van der Waals surface area contributed by atoms with Crippen molar-refractivity contribution >= 4 is 17.3 Å². The molecule has 0 saturated carbocycles. The zero-order valence-electron chi connectivity index (χ0n) is 9.64. The lowest BCUT2D eigenvalue weighted by Crippen LogP contribution is -2.32. The van der Waals surface area contributed by atoms with Crippen LogP contribution in [0.4, 0.5) is 0 Å². The van der Waals surface area contributed by atoms with Gasteiger partial charge in [0.15, 0.2) is 0 Å². The van der Waals surface area contributed by atoms with Crippen molar-refractivity contribution in [2.24, 2.45) is 5.41 Å². The van der Waals surface area contributed by atoms with Gasteiger partial charge < -0.3 is 5.11 Å². The van der Waals surface area contributed by atoms with Gasteiger partial charge in [-0.3, -0.25) is 9.69 Å². The van der Waals surface area contributed by atoms with E-state index in [1.54, 1.807) is 11.3 Å². The van der Waals surface area contributed by atoms with Crippen molar-refractivity contribution in [3.63, 3.8) is 0 Å². The van der Waals surface area contributed by atoms with Crippen molar-refractivity contribution in [3.8, 4) is 0 Å². The third-order valence-electron chi connectivity index (χ3n) is 3.59. The molecule has 88 valence electrons. The summed E-state index contributed by atoms with van der Waals surface area (Å²) in [6, 6.07) is 2.44. The van der Waals surface area contributed by atoms with E-state index in [2.05, 4.69) is 28.7 Å². The summed E-state index contributed by atoms with van der Waals surface area (Å²) < 4.78 is 0. The molecule has 1 aromatic rings. The minimum Gasteiger partial charge on any atom is -0.481 e. The fourth-order valence-electron chi connectivity index (χ4n) is 2.23. The molecule has 1 fully saturated rings. The predicted octanol–water partition coefficient (Wildman–Crippen LogP) is 2.61. The van der Waals surface area contributed by atoms with E-state index in [9.17, 15) is 9.90 Å². The van der Waals surface area contributed by atoms with Crippen LogP contribution in [-0.4, -0.2) is 29.1 Å². The Morgan fingerprint density at radius 2 is 2.44 bits per heavy atom. The Morgan fingerprint density at radius 1 is 1.69 bits per heavy atom. The summed E-state index contributed by atoms with van der Waals surface area (Å²) in [5.74, 6) is -0.674. The van der Waals surface area contributed by atoms with Crippen molar-refractivity contribution in [1.82, 2.24) is 4.90 Å². The van der Waals surface area contributed by atoms with Crippen molar-refractivity contribution in [2.45, 2.75) is 26.3 Å². The first-order chi connectivity index (χ1) is 7.53. The van der Waals surface area contributed by atoms with Gasteiger partial charge in [0.25, 0.3) is 0 Å². The summed E-state index contributed by atoms with van der Waals surface area (Å²) in [6.45, 7) is 5.52. The third-order valence-corrected chi connectivity index (χ3v) is 4.29. The highest BCUT2D eigenvalue weighted by Gasteiger charge is 2.41. The van der Waals surface area contributed by atoms with E-state index in [1.165, 1.54) is 5.56 Å². The monoisotopic (exact) mass is 239 g/mol. The molecular weight excluding hydrogens is 222 g/mol. The van der Waals surface area contributed by atoms with Gasteiger partial charge in [-0.05, 0) is 49.2 Å². The van der Waals surface area contributed by atoms with E-state index in [0.717, 1.165) is 13.0 Å². The van der Waals surface area contributed by atoms with Gasteiger partial charge >= 0.3 is 5.97 Å². The minimum absolute atomic E-state index is 0.326. The molecule has 0 aliphatic carbocycles. The minimum atomic E-state index is -0.674. The summed E-state index contributed by atoms with van der Waals surface area (Å²) in [6.07, 6.45) is 0.747. The van der Waals surface area contributed by atoms with E-state index in [4.69, 9.17) is 0 Å². The first-order valence-electron chi connectivity index (χ1n) is 5.52. The number of aliphatic carboxylic acids is 1. The zero-order chi connectivity index (χ0) is 11.8. The van der Waals surface area contributed by atoms with Gasteiger partial charge in [0.05, 0.1) is 5.41 Å². The molecule has 2 unspecified atom stereocenters. The summed E-state index contributed by atoms with van der Waals surface area (Å²) in [5.41, 5.74) is 0.726. The Bertz CT molecular complexity index is 376. The smallest absolute Gasteiger partial charge is 0.310 e. The fourth-order valence-corrected chi connectivity index (χ4v) is 2.97. The summed E-state index contributed by atoms with van der Waals surface area (Å²) in [5, 5.41) is 13.4. The maximum atomic E-state index is 11.2. The van der Waals surface area contributed by atoms with Crippen LogP contribution in [0.5, 0.6) is 0 Å². The van der Waals surface area contributed by atoms with Gasteiger partial charge in [-0.2, -0.15) is 11.3 Å². The average Bonchev–Trinajstić information content (AvgIpc) is 2.85. The lowest BCUT2D eigenvalue weighted by Gasteiger charge is -2.25. The molecule has 0 radical (unpaired) electrons. The quantitative estimate of drug-likeness (QED) is 0.881. The molecule has 16 heavy (non-hydrogen) atoms. The number of carboxylic acid groups (broad SMARTS) is 1. The first-order valence-corrected chi connectivity index (χ1v) is 6.47. The van der Waals surface area contributed by atoms with Crippen LogP contribution in [0.1, 0.15) is 31.9 Å². The molecule has 0 amide bonds. The van der Waals surface area contributed by atoms with Crippen molar-refractivity contribution in [3.05, 3.63) is 22.4 Å². The van der Waals surface area contributed by atoms with E-state index < -0.39 is 11.4 Å². The summed E-state index contributed by atoms with van der Waals surface area (Å²) in [7, 11) is 0. The lowest BCUT2D eigenvalue weighted by atomic mass is 9.90. The largest absolute Gasteiger partial charge is 0.481 e. The Kier molecular flexibility index (Phi) is 3.04.